The van der Waals surface area contributed by atoms with Crippen molar-refractivity contribution in [3.05, 3.63) is 35.8 Å². The summed E-state index contributed by atoms with van der Waals surface area (Å²) in [6.07, 6.45) is 3.41. The number of nitrogens with one attached hydrogen (secondary N) is 2. The molecule has 2 rings (SSSR count). The van der Waals surface area contributed by atoms with Gasteiger partial charge in [-0.1, -0.05) is 29.2 Å². The molecule has 8 heteroatoms. The molecule has 0 spiro atoms. The van der Waals surface area contributed by atoms with Crippen LogP contribution in [0.1, 0.15) is 27.9 Å². The van der Waals surface area contributed by atoms with Gasteiger partial charge < -0.3 is 10.6 Å². The van der Waals surface area contributed by atoms with Crippen LogP contribution in [-0.4, -0.2) is 34.6 Å². The summed E-state index contributed by atoms with van der Waals surface area (Å²) < 4.78 is 0.715. The first-order chi connectivity index (χ1) is 10.2. The number of pyridine rings is 1. The molecule has 0 saturated carbocycles. The summed E-state index contributed by atoms with van der Waals surface area (Å²) in [4.78, 5) is 32.3. The average molecular weight is 322 g/mol. The lowest BCUT2D eigenvalue weighted by atomic mass is 10.3. The Morgan fingerprint density at radius 1 is 1.33 bits per heavy atom. The first kappa shape index (κ1) is 15.5. The van der Waals surface area contributed by atoms with Crippen LogP contribution in [0.2, 0.25) is 0 Å². The van der Waals surface area contributed by atoms with Crippen molar-refractivity contribution >= 4 is 39.9 Å². The summed E-state index contributed by atoms with van der Waals surface area (Å²) >= 11 is 2.69. The normalized spacial score (nSPS) is 10.2. The maximum atomic E-state index is 12.1. The van der Waals surface area contributed by atoms with Crippen molar-refractivity contribution in [3.8, 4) is 0 Å². The molecule has 2 amide bonds. The fourth-order valence-electron chi connectivity index (χ4n) is 1.53. The Morgan fingerprint density at radius 3 is 2.76 bits per heavy atom. The van der Waals surface area contributed by atoms with Gasteiger partial charge >= 0.3 is 0 Å². The minimum atomic E-state index is -0.363. The van der Waals surface area contributed by atoms with Crippen LogP contribution < -0.4 is 10.6 Å². The van der Waals surface area contributed by atoms with E-state index in [-0.39, 0.29) is 17.5 Å². The second-order valence-corrected chi connectivity index (χ2v) is 5.94. The second-order valence-electron chi connectivity index (χ2n) is 3.89. The van der Waals surface area contributed by atoms with Gasteiger partial charge in [0.05, 0.1) is 0 Å². The number of hydrogen-bond donors (Lipinski definition) is 2. The van der Waals surface area contributed by atoms with E-state index < -0.39 is 0 Å². The zero-order chi connectivity index (χ0) is 15.2. The Hall–Kier alpha value is -1.93. The molecule has 0 aliphatic heterocycles. The third kappa shape index (κ3) is 3.79. The summed E-state index contributed by atoms with van der Waals surface area (Å²) in [6, 6.07) is 5.07. The van der Waals surface area contributed by atoms with Crippen LogP contribution >= 0.6 is 23.1 Å². The number of thioether (sulfide) groups is 1. The topological polar surface area (TPSA) is 84.0 Å². The molecule has 21 heavy (non-hydrogen) atoms. The van der Waals surface area contributed by atoms with Gasteiger partial charge in [-0.05, 0) is 25.3 Å². The molecule has 110 valence electrons. The number of hydrogen-bond acceptors (Lipinski definition) is 6. The molecule has 0 aliphatic rings. The summed E-state index contributed by atoms with van der Waals surface area (Å²) in [6.45, 7) is 2.32. The van der Waals surface area contributed by atoms with E-state index in [4.69, 9.17) is 0 Å². The van der Waals surface area contributed by atoms with Crippen LogP contribution in [0.3, 0.4) is 0 Å². The minimum Gasteiger partial charge on any atom is -0.351 e. The van der Waals surface area contributed by atoms with E-state index in [0.717, 1.165) is 0 Å². The summed E-state index contributed by atoms with van der Waals surface area (Å²) in [5.41, 5.74) is 0.522. The zero-order valence-electron chi connectivity index (χ0n) is 11.5. The molecular formula is C13H14N4O2S2. The lowest BCUT2D eigenvalue weighted by Crippen LogP contribution is -2.24. The summed E-state index contributed by atoms with van der Waals surface area (Å²) in [7, 11) is 0. The molecule has 0 bridgehead atoms. The molecule has 0 atom stereocenters. The smallest absolute Gasteiger partial charge is 0.274 e. The highest BCUT2D eigenvalue weighted by atomic mass is 32.2. The highest BCUT2D eigenvalue weighted by Gasteiger charge is 2.20. The molecule has 0 fully saturated rings. The second kappa shape index (κ2) is 7.19. The van der Waals surface area contributed by atoms with Gasteiger partial charge in [0, 0.05) is 12.7 Å². The van der Waals surface area contributed by atoms with E-state index in [1.54, 1.807) is 24.4 Å². The van der Waals surface area contributed by atoms with Gasteiger partial charge in [-0.3, -0.25) is 14.6 Å². The largest absolute Gasteiger partial charge is 0.351 e. The van der Waals surface area contributed by atoms with E-state index in [1.165, 1.54) is 23.1 Å². The van der Waals surface area contributed by atoms with E-state index in [2.05, 4.69) is 20.6 Å². The Balaban J connectivity index is 2.24. The predicted molar refractivity (Wildman–Crippen MR) is 84.1 cm³/mol. The Kier molecular flexibility index (Phi) is 5.29. The zero-order valence-corrected chi connectivity index (χ0v) is 13.2. The molecule has 0 saturated heterocycles. The van der Waals surface area contributed by atoms with E-state index >= 15 is 0 Å². The number of carbonyl (C=O) groups excluding carboxylic acids is 2. The van der Waals surface area contributed by atoms with Gasteiger partial charge in [0.1, 0.15) is 10.7 Å². The van der Waals surface area contributed by atoms with Crippen LogP contribution in [0.5, 0.6) is 0 Å². The third-order valence-electron chi connectivity index (χ3n) is 2.46. The van der Waals surface area contributed by atoms with Crippen molar-refractivity contribution in [2.75, 3.05) is 18.1 Å². The Bertz CT molecular complexity index is 643. The Morgan fingerprint density at radius 2 is 2.14 bits per heavy atom. The molecule has 2 N–H and O–H groups in total. The van der Waals surface area contributed by atoms with Crippen LogP contribution in [0.15, 0.2) is 28.7 Å². The predicted octanol–water partition coefficient (Wildman–Crippen LogP) is 2.26. The first-order valence-electron chi connectivity index (χ1n) is 6.21. The number of amides is 2. The van der Waals surface area contributed by atoms with Crippen molar-refractivity contribution in [1.29, 1.82) is 0 Å². The lowest BCUT2D eigenvalue weighted by molar-refractivity contribution is 0.0952. The van der Waals surface area contributed by atoms with Crippen LogP contribution in [0.4, 0.5) is 5.00 Å². The number of anilines is 1. The SMILES string of the molecule is CCNC(=O)c1nc(SC)sc1NC(=O)c1ccccn1. The molecule has 0 radical (unpaired) electrons. The Labute approximate surface area is 130 Å². The van der Waals surface area contributed by atoms with Crippen molar-refractivity contribution in [2.24, 2.45) is 0 Å². The van der Waals surface area contributed by atoms with Gasteiger partial charge in [-0.2, -0.15) is 0 Å². The standard InChI is InChI=1S/C13H14N4O2S2/c1-3-14-11(19)9-12(21-13(16-9)20-2)17-10(18)8-6-4-5-7-15-8/h4-7H,3H2,1-2H3,(H,14,19)(H,17,18). The lowest BCUT2D eigenvalue weighted by Gasteiger charge is -2.04. The van der Waals surface area contributed by atoms with Gasteiger partial charge in [0.25, 0.3) is 11.8 Å². The van der Waals surface area contributed by atoms with Crippen molar-refractivity contribution < 1.29 is 9.59 Å². The molecule has 2 heterocycles. The molecule has 2 aromatic rings. The van der Waals surface area contributed by atoms with Gasteiger partial charge in [-0.25, -0.2) is 4.98 Å². The summed E-state index contributed by atoms with van der Waals surface area (Å²) in [5, 5.41) is 5.81. The molecule has 0 aliphatic carbocycles. The van der Waals surface area contributed by atoms with Gasteiger partial charge in [0.2, 0.25) is 0 Å². The van der Waals surface area contributed by atoms with Crippen LogP contribution in [0.25, 0.3) is 0 Å². The highest BCUT2D eigenvalue weighted by Crippen LogP contribution is 2.30. The number of rotatable bonds is 5. The fourth-order valence-corrected chi connectivity index (χ4v) is 2.99. The van der Waals surface area contributed by atoms with Gasteiger partial charge in [0.15, 0.2) is 10.0 Å². The third-order valence-corrected chi connectivity index (χ3v) is 4.42. The number of aromatic nitrogens is 2. The quantitative estimate of drug-likeness (QED) is 0.825. The molecule has 0 unspecified atom stereocenters. The van der Waals surface area contributed by atoms with E-state index in [9.17, 15) is 9.59 Å². The van der Waals surface area contributed by atoms with Crippen molar-refractivity contribution in [3.63, 3.8) is 0 Å². The highest BCUT2D eigenvalue weighted by molar-refractivity contribution is 8.00. The van der Waals surface area contributed by atoms with Crippen molar-refractivity contribution in [2.45, 2.75) is 11.3 Å². The number of nitrogens with zero attached hydrogens (tertiary/aromatic N) is 2. The number of carbonyl (C=O) groups is 2. The van der Waals surface area contributed by atoms with Crippen LogP contribution in [0, 0.1) is 0 Å². The molecule has 0 aromatic carbocycles. The summed E-state index contributed by atoms with van der Waals surface area (Å²) in [5.74, 6) is -0.664. The van der Waals surface area contributed by atoms with Gasteiger partial charge in [-0.15, -0.1) is 0 Å². The molecule has 2 aromatic heterocycles. The fraction of sp³-hybridized carbons (Fsp3) is 0.231. The van der Waals surface area contributed by atoms with E-state index in [1.807, 2.05) is 13.2 Å². The van der Waals surface area contributed by atoms with Crippen LogP contribution in [-0.2, 0) is 0 Å². The number of thiazole rings is 1. The average Bonchev–Trinajstić information content (AvgIpc) is 2.91. The first-order valence-corrected chi connectivity index (χ1v) is 8.25. The maximum absolute atomic E-state index is 12.1. The molecule has 6 nitrogen and oxygen atoms in total. The van der Waals surface area contributed by atoms with Crippen molar-refractivity contribution in [1.82, 2.24) is 15.3 Å². The molecular weight excluding hydrogens is 308 g/mol. The van der Waals surface area contributed by atoms with E-state index in [0.29, 0.717) is 21.6 Å². The monoisotopic (exact) mass is 322 g/mol. The maximum Gasteiger partial charge on any atom is 0.274 e. The minimum absolute atomic E-state index is 0.232.